The number of hydrogen-bond donors (Lipinski definition) is 1. The minimum Gasteiger partial charge on any atom is -0.454 e. The van der Waals surface area contributed by atoms with Crippen LogP contribution in [0.5, 0.6) is 6.01 Å². The summed E-state index contributed by atoms with van der Waals surface area (Å²) in [5.74, 6) is 0. The highest BCUT2D eigenvalue weighted by Gasteiger charge is 2.29. The number of alkyl halides is 3. The Balaban J connectivity index is 2.65. The molecule has 8 heteroatoms. The van der Waals surface area contributed by atoms with Crippen LogP contribution >= 0.6 is 0 Å². The van der Waals surface area contributed by atoms with Crippen LogP contribution < -0.4 is 10.4 Å². The Morgan fingerprint density at radius 2 is 2.21 bits per heavy atom. The number of H-pyrrole nitrogens is 1. The van der Waals surface area contributed by atoms with E-state index in [-0.39, 0.29) is 6.54 Å². The number of ether oxygens (including phenoxy) is 1. The fourth-order valence-electron chi connectivity index (χ4n) is 0.766. The lowest BCUT2D eigenvalue weighted by molar-refractivity contribution is -0.154. The standard InChI is InChI=1S/C6H8F3N3O2/c1-2-12-5(13)10-4(11-12)14-3-6(7,8)9/h2-3H2,1H3,(H,10,11,13). The first-order chi connectivity index (χ1) is 6.42. The van der Waals surface area contributed by atoms with E-state index in [0.29, 0.717) is 0 Å². The van der Waals surface area contributed by atoms with Gasteiger partial charge in [-0.2, -0.15) is 13.2 Å². The van der Waals surface area contributed by atoms with Gasteiger partial charge in [0.2, 0.25) is 0 Å². The molecule has 1 aromatic rings. The first-order valence-electron chi connectivity index (χ1n) is 3.79. The molecule has 80 valence electrons. The number of hydrogen-bond acceptors (Lipinski definition) is 3. The summed E-state index contributed by atoms with van der Waals surface area (Å²) in [5.41, 5.74) is -0.593. The Kier molecular flexibility index (Phi) is 2.82. The molecule has 0 aliphatic heterocycles. The van der Waals surface area contributed by atoms with Crippen LogP contribution in [-0.4, -0.2) is 27.5 Å². The maximum absolute atomic E-state index is 11.7. The van der Waals surface area contributed by atoms with Crippen molar-refractivity contribution in [1.29, 1.82) is 0 Å². The van der Waals surface area contributed by atoms with E-state index in [4.69, 9.17) is 0 Å². The molecule has 0 radical (unpaired) electrons. The minimum atomic E-state index is -4.44. The van der Waals surface area contributed by atoms with Crippen molar-refractivity contribution in [2.75, 3.05) is 6.61 Å². The van der Waals surface area contributed by atoms with Crippen LogP contribution in [0.4, 0.5) is 13.2 Å². The fourth-order valence-corrected chi connectivity index (χ4v) is 0.766. The topological polar surface area (TPSA) is 59.9 Å². The van der Waals surface area contributed by atoms with Crippen molar-refractivity contribution in [1.82, 2.24) is 14.8 Å². The predicted octanol–water partition coefficient (Wildman–Crippen LogP) is 0.532. The highest BCUT2D eigenvalue weighted by molar-refractivity contribution is 4.88. The molecular weight excluding hydrogens is 203 g/mol. The number of aromatic amines is 1. The fraction of sp³-hybridized carbons (Fsp3) is 0.667. The number of rotatable bonds is 3. The maximum Gasteiger partial charge on any atom is 0.422 e. The SMILES string of the molecule is CCn1nc(OCC(F)(F)F)[nH]c1=O. The number of aryl methyl sites for hydroxylation is 1. The van der Waals surface area contributed by atoms with E-state index >= 15 is 0 Å². The second-order valence-corrected chi connectivity index (χ2v) is 2.45. The smallest absolute Gasteiger partial charge is 0.422 e. The molecule has 1 heterocycles. The van der Waals surface area contributed by atoms with Crippen molar-refractivity contribution in [3.05, 3.63) is 10.5 Å². The van der Waals surface area contributed by atoms with E-state index in [1.54, 1.807) is 6.92 Å². The van der Waals surface area contributed by atoms with Crippen LogP contribution in [0.3, 0.4) is 0 Å². The van der Waals surface area contributed by atoms with Gasteiger partial charge in [0.1, 0.15) is 0 Å². The number of aromatic nitrogens is 3. The Morgan fingerprint density at radius 3 is 2.64 bits per heavy atom. The lowest BCUT2D eigenvalue weighted by Crippen LogP contribution is -2.19. The van der Waals surface area contributed by atoms with Gasteiger partial charge in [-0.25, -0.2) is 9.48 Å². The van der Waals surface area contributed by atoms with Gasteiger partial charge in [0.05, 0.1) is 0 Å². The summed E-state index contributed by atoms with van der Waals surface area (Å²) in [4.78, 5) is 12.9. The highest BCUT2D eigenvalue weighted by Crippen LogP contribution is 2.15. The zero-order chi connectivity index (χ0) is 10.8. The van der Waals surface area contributed by atoms with Crippen molar-refractivity contribution in [2.45, 2.75) is 19.6 Å². The molecule has 0 atom stereocenters. The molecule has 1 rings (SSSR count). The minimum absolute atomic E-state index is 0.269. The summed E-state index contributed by atoms with van der Waals surface area (Å²) in [6, 6.07) is -0.422. The van der Waals surface area contributed by atoms with Gasteiger partial charge in [0.15, 0.2) is 6.61 Å². The normalized spacial score (nSPS) is 11.7. The van der Waals surface area contributed by atoms with Gasteiger partial charge in [-0.1, -0.05) is 0 Å². The van der Waals surface area contributed by atoms with E-state index in [2.05, 4.69) is 9.84 Å². The summed E-state index contributed by atoms with van der Waals surface area (Å²) in [6.45, 7) is 0.435. The molecule has 0 spiro atoms. The summed E-state index contributed by atoms with van der Waals surface area (Å²) in [5, 5.41) is 3.46. The van der Waals surface area contributed by atoms with E-state index in [9.17, 15) is 18.0 Å². The van der Waals surface area contributed by atoms with E-state index in [1.807, 2.05) is 4.98 Å². The van der Waals surface area contributed by atoms with Gasteiger partial charge in [-0.3, -0.25) is 4.98 Å². The van der Waals surface area contributed by atoms with Crippen LogP contribution in [-0.2, 0) is 6.54 Å². The van der Waals surface area contributed by atoms with Crippen LogP contribution in [0, 0.1) is 0 Å². The van der Waals surface area contributed by atoms with Crippen LogP contribution in [0.1, 0.15) is 6.92 Å². The molecular formula is C6H8F3N3O2. The van der Waals surface area contributed by atoms with Crippen molar-refractivity contribution < 1.29 is 17.9 Å². The Morgan fingerprint density at radius 1 is 1.57 bits per heavy atom. The molecule has 0 aliphatic rings. The lowest BCUT2D eigenvalue weighted by atomic mass is 10.7. The van der Waals surface area contributed by atoms with Gasteiger partial charge >= 0.3 is 17.9 Å². The molecule has 0 bridgehead atoms. The average Bonchev–Trinajstić information content (AvgIpc) is 2.42. The van der Waals surface area contributed by atoms with Crippen LogP contribution in [0.25, 0.3) is 0 Å². The van der Waals surface area contributed by atoms with E-state index < -0.39 is 24.5 Å². The molecule has 1 aromatic heterocycles. The highest BCUT2D eigenvalue weighted by atomic mass is 19.4. The van der Waals surface area contributed by atoms with Gasteiger partial charge in [-0.05, 0) is 6.92 Å². The number of halogens is 3. The lowest BCUT2D eigenvalue weighted by Gasteiger charge is -2.04. The van der Waals surface area contributed by atoms with Crippen LogP contribution in [0.15, 0.2) is 4.79 Å². The summed E-state index contributed by atoms with van der Waals surface area (Å²) < 4.78 is 40.2. The maximum atomic E-state index is 11.7. The van der Waals surface area contributed by atoms with Crippen molar-refractivity contribution in [3.8, 4) is 6.01 Å². The second kappa shape index (κ2) is 3.72. The Hall–Kier alpha value is -1.47. The Bertz CT molecular complexity index is 354. The molecule has 0 amide bonds. The third-order valence-corrected chi connectivity index (χ3v) is 1.33. The van der Waals surface area contributed by atoms with Crippen molar-refractivity contribution >= 4 is 0 Å². The first kappa shape index (κ1) is 10.6. The second-order valence-electron chi connectivity index (χ2n) is 2.45. The monoisotopic (exact) mass is 211 g/mol. The third-order valence-electron chi connectivity index (χ3n) is 1.33. The van der Waals surface area contributed by atoms with E-state index in [0.717, 1.165) is 4.68 Å². The van der Waals surface area contributed by atoms with E-state index in [1.165, 1.54) is 0 Å². The third kappa shape index (κ3) is 2.79. The van der Waals surface area contributed by atoms with Gasteiger partial charge in [0.25, 0.3) is 0 Å². The molecule has 5 nitrogen and oxygen atoms in total. The van der Waals surface area contributed by atoms with Crippen molar-refractivity contribution in [2.24, 2.45) is 0 Å². The zero-order valence-electron chi connectivity index (χ0n) is 7.26. The number of nitrogens with zero attached hydrogens (tertiary/aromatic N) is 2. The molecule has 0 fully saturated rings. The molecule has 0 aromatic carbocycles. The van der Waals surface area contributed by atoms with Gasteiger partial charge in [0, 0.05) is 6.54 Å². The summed E-state index contributed by atoms with van der Waals surface area (Å²) in [6.07, 6.45) is -4.44. The summed E-state index contributed by atoms with van der Waals surface area (Å²) in [7, 11) is 0. The molecule has 0 saturated heterocycles. The molecule has 0 aliphatic carbocycles. The first-order valence-corrected chi connectivity index (χ1v) is 3.79. The predicted molar refractivity (Wildman–Crippen MR) is 40.1 cm³/mol. The largest absolute Gasteiger partial charge is 0.454 e. The average molecular weight is 211 g/mol. The van der Waals surface area contributed by atoms with Gasteiger partial charge < -0.3 is 4.74 Å². The van der Waals surface area contributed by atoms with Crippen molar-refractivity contribution in [3.63, 3.8) is 0 Å². The molecule has 14 heavy (non-hydrogen) atoms. The van der Waals surface area contributed by atoms with Gasteiger partial charge in [-0.15, -0.1) is 5.10 Å². The molecule has 1 N–H and O–H groups in total. The zero-order valence-corrected chi connectivity index (χ0v) is 7.26. The number of nitrogens with one attached hydrogen (secondary N) is 1. The summed E-state index contributed by atoms with van der Waals surface area (Å²) >= 11 is 0. The quantitative estimate of drug-likeness (QED) is 0.793. The molecule has 0 unspecified atom stereocenters. The molecule has 0 saturated carbocycles. The Labute approximate surface area is 76.5 Å². The van der Waals surface area contributed by atoms with Crippen LogP contribution in [0.2, 0.25) is 0 Å².